The molecule has 2 heteroatoms. The summed E-state index contributed by atoms with van der Waals surface area (Å²) in [6.45, 7) is 12.1. The number of nitrogens with zero attached hydrogens (tertiary/aromatic N) is 1. The van der Waals surface area contributed by atoms with E-state index in [0.717, 1.165) is 12.1 Å². The van der Waals surface area contributed by atoms with E-state index in [1.165, 1.54) is 58.0 Å². The Labute approximate surface area is 120 Å². The minimum absolute atomic E-state index is 0.586. The van der Waals surface area contributed by atoms with Gasteiger partial charge in [0.15, 0.2) is 0 Å². The van der Waals surface area contributed by atoms with Gasteiger partial charge in [-0.15, -0.1) is 0 Å². The lowest BCUT2D eigenvalue weighted by molar-refractivity contribution is 0.0706. The molecule has 1 N–H and O–H groups in total. The van der Waals surface area contributed by atoms with Gasteiger partial charge in [0.25, 0.3) is 0 Å². The second-order valence-electron chi connectivity index (χ2n) is 7.83. The number of rotatable bonds is 4. The maximum Gasteiger partial charge on any atom is 0.0195 e. The fraction of sp³-hybridized carbons (Fsp3) is 1.00. The van der Waals surface area contributed by atoms with Gasteiger partial charge in [-0.3, -0.25) is 4.90 Å². The van der Waals surface area contributed by atoms with Crippen molar-refractivity contribution in [1.29, 1.82) is 0 Å². The largest absolute Gasteiger partial charge is 0.313 e. The van der Waals surface area contributed by atoms with Gasteiger partial charge in [0, 0.05) is 24.7 Å². The Kier molecular flexibility index (Phi) is 5.30. The third kappa shape index (κ3) is 4.46. The van der Waals surface area contributed by atoms with Crippen molar-refractivity contribution in [1.82, 2.24) is 10.2 Å². The Morgan fingerprint density at radius 1 is 1.11 bits per heavy atom. The summed E-state index contributed by atoms with van der Waals surface area (Å²) in [4.78, 5) is 2.79. The average molecular weight is 266 g/mol. The summed E-state index contributed by atoms with van der Waals surface area (Å²) in [7, 11) is 0. The minimum atomic E-state index is 0.586. The van der Waals surface area contributed by atoms with Crippen molar-refractivity contribution >= 4 is 0 Å². The quantitative estimate of drug-likeness (QED) is 0.832. The van der Waals surface area contributed by atoms with Crippen LogP contribution in [0.15, 0.2) is 0 Å². The molecule has 2 aliphatic rings. The standard InChI is InChI=1S/C17H34N2/c1-14(2)19(13-15-7-5-6-12-18-15)16-8-10-17(3,4)11-9-16/h14-16,18H,5-13H2,1-4H3. The van der Waals surface area contributed by atoms with Crippen molar-refractivity contribution in [3.8, 4) is 0 Å². The first-order chi connectivity index (χ1) is 8.98. The van der Waals surface area contributed by atoms with Crippen molar-refractivity contribution in [2.75, 3.05) is 13.1 Å². The molecule has 1 heterocycles. The summed E-state index contributed by atoms with van der Waals surface area (Å²) < 4.78 is 0. The molecule has 1 aliphatic carbocycles. The molecule has 1 saturated carbocycles. The lowest BCUT2D eigenvalue weighted by Crippen LogP contribution is -2.51. The van der Waals surface area contributed by atoms with E-state index >= 15 is 0 Å². The van der Waals surface area contributed by atoms with Crippen LogP contribution in [0.3, 0.4) is 0 Å². The predicted molar refractivity (Wildman–Crippen MR) is 83.5 cm³/mol. The first-order valence-electron chi connectivity index (χ1n) is 8.47. The van der Waals surface area contributed by atoms with Gasteiger partial charge in [-0.25, -0.2) is 0 Å². The number of nitrogens with one attached hydrogen (secondary N) is 1. The van der Waals surface area contributed by atoms with Crippen LogP contribution in [0, 0.1) is 5.41 Å². The first-order valence-corrected chi connectivity index (χ1v) is 8.47. The van der Waals surface area contributed by atoms with E-state index in [2.05, 4.69) is 37.9 Å². The molecule has 0 aromatic heterocycles. The van der Waals surface area contributed by atoms with Gasteiger partial charge in [-0.05, 0) is 64.3 Å². The number of hydrogen-bond acceptors (Lipinski definition) is 2. The topological polar surface area (TPSA) is 15.3 Å². The van der Waals surface area contributed by atoms with Gasteiger partial charge < -0.3 is 5.32 Å². The molecule has 112 valence electrons. The van der Waals surface area contributed by atoms with Crippen LogP contribution in [-0.2, 0) is 0 Å². The summed E-state index contributed by atoms with van der Waals surface area (Å²) in [5.74, 6) is 0. The minimum Gasteiger partial charge on any atom is -0.313 e. The molecular weight excluding hydrogens is 232 g/mol. The van der Waals surface area contributed by atoms with Crippen molar-refractivity contribution in [2.24, 2.45) is 5.41 Å². The smallest absolute Gasteiger partial charge is 0.0195 e. The van der Waals surface area contributed by atoms with Crippen molar-refractivity contribution in [3.63, 3.8) is 0 Å². The monoisotopic (exact) mass is 266 g/mol. The first kappa shape index (κ1) is 15.3. The van der Waals surface area contributed by atoms with E-state index in [1.807, 2.05) is 0 Å². The van der Waals surface area contributed by atoms with E-state index < -0.39 is 0 Å². The highest BCUT2D eigenvalue weighted by Gasteiger charge is 2.32. The third-order valence-electron chi connectivity index (χ3n) is 5.28. The van der Waals surface area contributed by atoms with Crippen LogP contribution in [0.25, 0.3) is 0 Å². The Balaban J connectivity index is 1.88. The molecule has 19 heavy (non-hydrogen) atoms. The summed E-state index contributed by atoms with van der Waals surface area (Å²) in [6.07, 6.45) is 9.77. The van der Waals surface area contributed by atoms with Crippen LogP contribution in [0.1, 0.15) is 72.6 Å². The Bertz CT molecular complexity index is 256. The second-order valence-corrected chi connectivity index (χ2v) is 7.83. The van der Waals surface area contributed by atoms with Gasteiger partial charge in [-0.2, -0.15) is 0 Å². The summed E-state index contributed by atoms with van der Waals surface area (Å²) in [5, 5.41) is 3.72. The maximum absolute atomic E-state index is 3.72. The average Bonchev–Trinajstić information content (AvgIpc) is 2.37. The molecule has 0 amide bonds. The van der Waals surface area contributed by atoms with Crippen molar-refractivity contribution < 1.29 is 0 Å². The molecule has 2 rings (SSSR count). The van der Waals surface area contributed by atoms with Gasteiger partial charge in [0.05, 0.1) is 0 Å². The van der Waals surface area contributed by atoms with Crippen LogP contribution in [-0.4, -0.2) is 36.1 Å². The van der Waals surface area contributed by atoms with Gasteiger partial charge in [0.1, 0.15) is 0 Å². The van der Waals surface area contributed by atoms with Crippen LogP contribution < -0.4 is 5.32 Å². The van der Waals surface area contributed by atoms with Crippen molar-refractivity contribution in [2.45, 2.75) is 90.8 Å². The highest BCUT2D eigenvalue weighted by atomic mass is 15.2. The van der Waals surface area contributed by atoms with E-state index in [0.29, 0.717) is 11.5 Å². The Morgan fingerprint density at radius 3 is 2.32 bits per heavy atom. The molecule has 0 radical (unpaired) electrons. The van der Waals surface area contributed by atoms with E-state index in [1.54, 1.807) is 0 Å². The van der Waals surface area contributed by atoms with E-state index in [9.17, 15) is 0 Å². The highest BCUT2D eigenvalue weighted by Crippen LogP contribution is 2.37. The number of piperidine rings is 1. The SMILES string of the molecule is CC(C)N(CC1CCCCN1)C1CCC(C)(C)CC1. The molecule has 1 aliphatic heterocycles. The van der Waals surface area contributed by atoms with E-state index in [4.69, 9.17) is 0 Å². The maximum atomic E-state index is 3.72. The molecule has 0 aromatic carbocycles. The normalized spacial score (nSPS) is 29.1. The molecule has 1 unspecified atom stereocenters. The molecule has 2 nitrogen and oxygen atoms in total. The molecule has 2 fully saturated rings. The van der Waals surface area contributed by atoms with Gasteiger partial charge in [0.2, 0.25) is 0 Å². The molecule has 0 aromatic rings. The summed E-state index contributed by atoms with van der Waals surface area (Å²) in [6, 6.07) is 2.26. The van der Waals surface area contributed by atoms with Crippen LogP contribution in [0.2, 0.25) is 0 Å². The predicted octanol–water partition coefficient (Wildman–Crippen LogP) is 3.81. The van der Waals surface area contributed by atoms with E-state index in [-0.39, 0.29) is 0 Å². The second kappa shape index (κ2) is 6.58. The Hall–Kier alpha value is -0.0800. The molecule has 1 saturated heterocycles. The van der Waals surface area contributed by atoms with Gasteiger partial charge >= 0.3 is 0 Å². The van der Waals surface area contributed by atoms with Crippen molar-refractivity contribution in [3.05, 3.63) is 0 Å². The lowest BCUT2D eigenvalue weighted by atomic mass is 9.75. The van der Waals surface area contributed by atoms with Crippen LogP contribution >= 0.6 is 0 Å². The van der Waals surface area contributed by atoms with Crippen LogP contribution in [0.5, 0.6) is 0 Å². The zero-order chi connectivity index (χ0) is 13.9. The fourth-order valence-corrected chi connectivity index (χ4v) is 3.83. The number of hydrogen-bond donors (Lipinski definition) is 1. The molecular formula is C17H34N2. The molecule has 0 bridgehead atoms. The summed E-state index contributed by atoms with van der Waals surface area (Å²) >= 11 is 0. The zero-order valence-electron chi connectivity index (χ0n) is 13.5. The zero-order valence-corrected chi connectivity index (χ0v) is 13.5. The summed E-state index contributed by atoms with van der Waals surface area (Å²) in [5.41, 5.74) is 0.586. The fourth-order valence-electron chi connectivity index (χ4n) is 3.83. The Morgan fingerprint density at radius 2 is 1.79 bits per heavy atom. The van der Waals surface area contributed by atoms with Gasteiger partial charge in [-0.1, -0.05) is 20.3 Å². The third-order valence-corrected chi connectivity index (χ3v) is 5.28. The highest BCUT2D eigenvalue weighted by molar-refractivity contribution is 4.87. The lowest BCUT2D eigenvalue weighted by Gasteiger charge is -2.43. The molecule has 1 atom stereocenters. The van der Waals surface area contributed by atoms with Crippen LogP contribution in [0.4, 0.5) is 0 Å². The molecule has 0 spiro atoms.